The summed E-state index contributed by atoms with van der Waals surface area (Å²) in [7, 11) is 0. The summed E-state index contributed by atoms with van der Waals surface area (Å²) in [5.74, 6) is 0. The van der Waals surface area contributed by atoms with Crippen molar-refractivity contribution in [2.24, 2.45) is 0 Å². The highest BCUT2D eigenvalue weighted by atomic mass is 15.1. The SMILES string of the molecule is CC1(C)CC(NCCCN(CCCNC2CC(C)(C)NC(C)(C)C2)Cc2ccccc2)CC(C)(C)N1. The van der Waals surface area contributed by atoms with Gasteiger partial charge in [0.25, 0.3) is 0 Å². The number of hydrogen-bond acceptors (Lipinski definition) is 5. The molecule has 0 saturated carbocycles. The molecule has 0 spiro atoms. The Kier molecular flexibility index (Phi) is 10.1. The number of benzene rings is 1. The maximum Gasteiger partial charge on any atom is 0.0233 e. The Hall–Kier alpha value is -0.980. The van der Waals surface area contributed by atoms with Crippen LogP contribution in [-0.2, 0) is 6.54 Å². The first-order valence-corrected chi connectivity index (χ1v) is 14.5. The third-order valence-corrected chi connectivity index (χ3v) is 7.80. The van der Waals surface area contributed by atoms with Crippen LogP contribution in [0.3, 0.4) is 0 Å². The molecular weight excluding hydrogens is 442 g/mol. The van der Waals surface area contributed by atoms with E-state index in [1.54, 1.807) is 0 Å². The Morgan fingerprint density at radius 1 is 0.667 bits per heavy atom. The molecule has 4 N–H and O–H groups in total. The van der Waals surface area contributed by atoms with Crippen LogP contribution in [0.2, 0.25) is 0 Å². The third kappa shape index (κ3) is 10.4. The van der Waals surface area contributed by atoms with E-state index in [1.807, 2.05) is 0 Å². The minimum atomic E-state index is 0.199. The summed E-state index contributed by atoms with van der Waals surface area (Å²) >= 11 is 0. The van der Waals surface area contributed by atoms with Gasteiger partial charge in [0, 0.05) is 40.8 Å². The number of piperidine rings is 2. The minimum absolute atomic E-state index is 0.199. The van der Waals surface area contributed by atoms with E-state index < -0.39 is 0 Å². The fourth-order valence-electron chi connectivity index (χ4n) is 7.26. The Balaban J connectivity index is 1.44. The number of hydrogen-bond donors (Lipinski definition) is 4. The second kappa shape index (κ2) is 12.3. The normalized spacial score (nSPS) is 23.7. The van der Waals surface area contributed by atoms with Gasteiger partial charge in [-0.05, 0) is 126 Å². The third-order valence-electron chi connectivity index (χ3n) is 7.80. The Morgan fingerprint density at radius 3 is 1.44 bits per heavy atom. The van der Waals surface area contributed by atoms with E-state index in [-0.39, 0.29) is 22.2 Å². The van der Waals surface area contributed by atoms with Crippen molar-refractivity contribution >= 4 is 0 Å². The molecule has 5 nitrogen and oxygen atoms in total. The smallest absolute Gasteiger partial charge is 0.0233 e. The van der Waals surface area contributed by atoms with Gasteiger partial charge in [-0.15, -0.1) is 0 Å². The van der Waals surface area contributed by atoms with Crippen LogP contribution >= 0.6 is 0 Å². The number of nitrogens with zero attached hydrogens (tertiary/aromatic N) is 1. The minimum Gasteiger partial charge on any atom is -0.314 e. The molecule has 0 aromatic heterocycles. The van der Waals surface area contributed by atoms with Gasteiger partial charge in [0.2, 0.25) is 0 Å². The molecule has 3 rings (SSSR count). The lowest BCUT2D eigenvalue weighted by atomic mass is 9.79. The van der Waals surface area contributed by atoms with Crippen LogP contribution in [-0.4, -0.2) is 65.3 Å². The summed E-state index contributed by atoms with van der Waals surface area (Å²) < 4.78 is 0. The van der Waals surface area contributed by atoms with E-state index in [2.05, 4.69) is 112 Å². The van der Waals surface area contributed by atoms with Gasteiger partial charge in [-0.25, -0.2) is 0 Å². The fourth-order valence-corrected chi connectivity index (χ4v) is 7.26. The molecule has 0 radical (unpaired) electrons. The monoisotopic (exact) mass is 499 g/mol. The Bertz CT molecular complexity index is 707. The van der Waals surface area contributed by atoms with E-state index in [0.29, 0.717) is 12.1 Å². The van der Waals surface area contributed by atoms with Crippen molar-refractivity contribution in [3.63, 3.8) is 0 Å². The van der Waals surface area contributed by atoms with Gasteiger partial charge in [-0.3, -0.25) is 4.90 Å². The lowest BCUT2D eigenvalue weighted by Gasteiger charge is -2.46. The van der Waals surface area contributed by atoms with Crippen molar-refractivity contribution in [1.82, 2.24) is 26.2 Å². The lowest BCUT2D eigenvalue weighted by molar-refractivity contribution is 0.144. The predicted octanol–water partition coefficient (Wildman–Crippen LogP) is 5.07. The van der Waals surface area contributed by atoms with Crippen LogP contribution in [0.25, 0.3) is 0 Å². The number of nitrogens with one attached hydrogen (secondary N) is 4. The molecule has 2 aliphatic heterocycles. The molecule has 206 valence electrons. The lowest BCUT2D eigenvalue weighted by Crippen LogP contribution is -2.61. The van der Waals surface area contributed by atoms with Gasteiger partial charge in [-0.2, -0.15) is 0 Å². The van der Waals surface area contributed by atoms with Crippen LogP contribution in [0, 0.1) is 0 Å². The van der Waals surface area contributed by atoms with Gasteiger partial charge in [-0.1, -0.05) is 30.3 Å². The molecule has 0 bridgehead atoms. The highest BCUT2D eigenvalue weighted by Gasteiger charge is 2.38. The fraction of sp³-hybridized carbons (Fsp3) is 0.806. The maximum absolute atomic E-state index is 3.89. The molecule has 1 aromatic rings. The molecule has 5 heteroatoms. The van der Waals surface area contributed by atoms with E-state index in [1.165, 1.54) is 44.1 Å². The summed E-state index contributed by atoms with van der Waals surface area (Å²) in [6.45, 7) is 24.2. The van der Waals surface area contributed by atoms with E-state index in [4.69, 9.17) is 0 Å². The Morgan fingerprint density at radius 2 is 1.06 bits per heavy atom. The summed E-state index contributed by atoms with van der Waals surface area (Å²) in [5, 5.41) is 15.4. The van der Waals surface area contributed by atoms with Crippen LogP contribution < -0.4 is 21.3 Å². The van der Waals surface area contributed by atoms with Gasteiger partial charge in [0.05, 0.1) is 0 Å². The summed E-state index contributed by atoms with van der Waals surface area (Å²) in [5.41, 5.74) is 2.21. The second-order valence-corrected chi connectivity index (χ2v) is 14.4. The summed E-state index contributed by atoms with van der Waals surface area (Å²) in [4.78, 5) is 2.66. The van der Waals surface area contributed by atoms with Crippen molar-refractivity contribution in [2.75, 3.05) is 26.2 Å². The van der Waals surface area contributed by atoms with E-state index in [0.717, 1.165) is 32.7 Å². The zero-order chi connectivity index (χ0) is 26.5. The molecule has 36 heavy (non-hydrogen) atoms. The highest BCUT2D eigenvalue weighted by Crippen LogP contribution is 2.29. The molecule has 2 fully saturated rings. The summed E-state index contributed by atoms with van der Waals surface area (Å²) in [6.07, 6.45) is 7.17. The van der Waals surface area contributed by atoms with Gasteiger partial charge in [0.15, 0.2) is 0 Å². The molecule has 1 aromatic carbocycles. The largest absolute Gasteiger partial charge is 0.314 e. The molecule has 0 aliphatic carbocycles. The van der Waals surface area contributed by atoms with Crippen molar-refractivity contribution < 1.29 is 0 Å². The Labute approximate surface area is 223 Å². The van der Waals surface area contributed by atoms with Gasteiger partial charge >= 0.3 is 0 Å². The van der Waals surface area contributed by atoms with E-state index >= 15 is 0 Å². The molecule has 0 atom stereocenters. The van der Waals surface area contributed by atoms with Gasteiger partial charge in [0.1, 0.15) is 0 Å². The predicted molar refractivity (Wildman–Crippen MR) is 156 cm³/mol. The van der Waals surface area contributed by atoms with Crippen molar-refractivity contribution in [3.8, 4) is 0 Å². The van der Waals surface area contributed by atoms with Crippen LogP contribution in [0.4, 0.5) is 0 Å². The number of rotatable bonds is 12. The average molecular weight is 500 g/mol. The maximum atomic E-state index is 3.89. The van der Waals surface area contributed by atoms with Crippen LogP contribution in [0.1, 0.15) is 99.5 Å². The van der Waals surface area contributed by atoms with Crippen molar-refractivity contribution in [1.29, 1.82) is 0 Å². The molecule has 2 heterocycles. The first kappa shape index (κ1) is 29.6. The van der Waals surface area contributed by atoms with Gasteiger partial charge < -0.3 is 21.3 Å². The van der Waals surface area contributed by atoms with Crippen molar-refractivity contribution in [3.05, 3.63) is 35.9 Å². The molecule has 0 amide bonds. The second-order valence-electron chi connectivity index (χ2n) is 14.4. The quantitative estimate of drug-likeness (QED) is 0.303. The topological polar surface area (TPSA) is 51.4 Å². The summed E-state index contributed by atoms with van der Waals surface area (Å²) in [6, 6.07) is 12.2. The first-order chi connectivity index (χ1) is 16.7. The zero-order valence-electron chi connectivity index (χ0n) is 24.8. The highest BCUT2D eigenvalue weighted by molar-refractivity contribution is 5.14. The average Bonchev–Trinajstić information content (AvgIpc) is 2.70. The molecular formula is C31H57N5. The first-order valence-electron chi connectivity index (χ1n) is 14.5. The van der Waals surface area contributed by atoms with Crippen LogP contribution in [0.5, 0.6) is 0 Å². The van der Waals surface area contributed by atoms with Crippen LogP contribution in [0.15, 0.2) is 30.3 Å². The van der Waals surface area contributed by atoms with E-state index in [9.17, 15) is 0 Å². The molecule has 0 unspecified atom stereocenters. The molecule has 2 aliphatic rings. The zero-order valence-corrected chi connectivity index (χ0v) is 24.8. The molecule has 2 saturated heterocycles. The van der Waals surface area contributed by atoms with Crippen molar-refractivity contribution in [2.45, 2.75) is 135 Å². The standard InChI is InChI=1S/C31H57N5/c1-28(2)20-26(21-29(3,4)34-28)32-16-12-18-36(24-25-14-10-9-11-15-25)19-13-17-33-27-22-30(5,6)35-31(7,8)23-27/h9-11,14-15,26-27,32-35H,12-13,16-24H2,1-8H3.